The number of aryl methyl sites for hydroxylation is 1. The lowest BCUT2D eigenvalue weighted by Gasteiger charge is -1.82. The van der Waals surface area contributed by atoms with Crippen molar-refractivity contribution in [2.24, 2.45) is 0 Å². The third-order valence-corrected chi connectivity index (χ3v) is 2.42. The third kappa shape index (κ3) is 12.2. The molecule has 0 saturated carbocycles. The van der Waals surface area contributed by atoms with E-state index in [1.54, 1.807) is 24.3 Å². The first-order valence-corrected chi connectivity index (χ1v) is 6.80. The van der Waals surface area contributed by atoms with Gasteiger partial charge in [0.1, 0.15) is 0 Å². The van der Waals surface area contributed by atoms with Gasteiger partial charge in [-0.2, -0.15) is 0 Å². The first kappa shape index (κ1) is 18.5. The van der Waals surface area contributed by atoms with E-state index in [4.69, 9.17) is 5.11 Å². The number of benzene rings is 2. The third-order valence-electron chi connectivity index (χ3n) is 2.42. The van der Waals surface area contributed by atoms with E-state index in [0.717, 1.165) is 5.57 Å². The summed E-state index contributed by atoms with van der Waals surface area (Å²) in [5.74, 6) is 0.572. The molecule has 0 amide bonds. The van der Waals surface area contributed by atoms with Crippen LogP contribution in [-0.4, -0.2) is 5.11 Å². The first-order valence-electron chi connectivity index (χ1n) is 6.80. The molecule has 0 spiro atoms. The Labute approximate surface area is 128 Å². The highest BCUT2D eigenvalue weighted by Crippen LogP contribution is 2.02. The smallest absolute Gasteiger partial charge is 0.253 e. The molecule has 0 heterocycles. The maximum Gasteiger partial charge on any atom is 0.253 e. The van der Waals surface area contributed by atoms with E-state index in [1.165, 1.54) is 5.56 Å². The zero-order valence-electron chi connectivity index (χ0n) is 12.9. The van der Waals surface area contributed by atoms with Gasteiger partial charge in [-0.25, -0.2) is 0 Å². The van der Waals surface area contributed by atoms with Crippen LogP contribution in [0.4, 0.5) is 0 Å². The molecule has 0 radical (unpaired) electrons. The van der Waals surface area contributed by atoms with E-state index in [1.807, 2.05) is 49.4 Å². The van der Waals surface area contributed by atoms with E-state index in [0.29, 0.717) is 5.75 Å². The summed E-state index contributed by atoms with van der Waals surface area (Å²) >= 11 is 0. The van der Waals surface area contributed by atoms with Gasteiger partial charge in [-0.3, -0.25) is 0 Å². The molecule has 2 aromatic carbocycles. The van der Waals surface area contributed by atoms with Crippen molar-refractivity contribution < 1.29 is 5.11 Å². The molecule has 21 heavy (non-hydrogen) atoms. The Morgan fingerprint density at radius 1 is 0.905 bits per heavy atom. The summed E-state index contributed by atoms with van der Waals surface area (Å²) in [7, 11) is 0. The van der Waals surface area contributed by atoms with Gasteiger partial charge in [0.25, 0.3) is 5.75 Å². The van der Waals surface area contributed by atoms with Crippen LogP contribution in [-0.2, 0) is 0 Å². The molecule has 1 nitrogen and oxygen atoms in total. The van der Waals surface area contributed by atoms with E-state index in [2.05, 4.69) is 32.2 Å². The van der Waals surface area contributed by atoms with Crippen LogP contribution in [0.5, 0.6) is 5.75 Å². The van der Waals surface area contributed by atoms with Crippen molar-refractivity contribution in [1.82, 2.24) is 0 Å². The van der Waals surface area contributed by atoms with E-state index < -0.39 is 0 Å². The largest absolute Gasteiger partial charge is 0.593 e. The average molecular weight is 281 g/mol. The number of para-hydroxylation sites is 1. The fourth-order valence-corrected chi connectivity index (χ4v) is 1.23. The first-order chi connectivity index (χ1) is 10.1. The second-order valence-corrected chi connectivity index (χ2v) is 4.37. The standard InChI is InChI=1S/C7H8.C7H10.C6H6O/c1-7-5-3-2-4-6-7;1-4-6-7(3)5-2;7-6-4-2-1-3-5-6/h2-6H,1H3;4-6H,1-2H2,3H3;1-5,7H/p+1/b;7-6-;. The molecule has 110 valence electrons. The van der Waals surface area contributed by atoms with Crippen LogP contribution in [0, 0.1) is 6.92 Å². The minimum absolute atomic E-state index is 0.572. The Hall–Kier alpha value is -2.54. The van der Waals surface area contributed by atoms with E-state index in [9.17, 15) is 0 Å². The van der Waals surface area contributed by atoms with Crippen molar-refractivity contribution in [3.8, 4) is 5.75 Å². The van der Waals surface area contributed by atoms with Gasteiger partial charge in [-0.05, 0) is 13.8 Å². The van der Waals surface area contributed by atoms with E-state index >= 15 is 0 Å². The number of rotatable bonds is 2. The lowest BCUT2D eigenvalue weighted by Crippen LogP contribution is -1.62. The van der Waals surface area contributed by atoms with Gasteiger partial charge in [0.2, 0.25) is 0 Å². The lowest BCUT2D eigenvalue weighted by molar-refractivity contribution is 0.475. The quantitative estimate of drug-likeness (QED) is 0.518. The Morgan fingerprint density at radius 2 is 1.38 bits per heavy atom. The molecule has 0 atom stereocenters. The second-order valence-electron chi connectivity index (χ2n) is 4.37. The fraction of sp³-hybridized carbons (Fsp3) is 0.100. The van der Waals surface area contributed by atoms with Crippen LogP contribution >= 0.6 is 0 Å². The summed E-state index contributed by atoms with van der Waals surface area (Å²) in [6.07, 6.45) is 5.45. The maximum atomic E-state index is 7.00. The number of hydrogen-bond acceptors (Lipinski definition) is 0. The van der Waals surface area contributed by atoms with Gasteiger partial charge in [-0.1, -0.05) is 91.1 Å². The second kappa shape index (κ2) is 12.5. The molecule has 1 heteroatoms. The molecule has 0 bridgehead atoms. The lowest BCUT2D eigenvalue weighted by atomic mass is 10.2. The Balaban J connectivity index is 0.000000286. The summed E-state index contributed by atoms with van der Waals surface area (Å²) in [6.45, 7) is 11.2. The minimum Gasteiger partial charge on any atom is -0.593 e. The minimum atomic E-state index is 0.572. The molecule has 0 fully saturated rings. The molecule has 0 aliphatic carbocycles. The van der Waals surface area contributed by atoms with Crippen LogP contribution in [0.3, 0.4) is 0 Å². The Kier molecular flexibility index (Phi) is 11.0. The zero-order chi connectivity index (χ0) is 15.9. The van der Waals surface area contributed by atoms with Crippen LogP contribution in [0.1, 0.15) is 12.5 Å². The van der Waals surface area contributed by atoms with Crippen LogP contribution in [0.15, 0.2) is 97.6 Å². The molecule has 0 aliphatic heterocycles. The van der Waals surface area contributed by atoms with Crippen molar-refractivity contribution in [2.45, 2.75) is 13.8 Å². The molecular formula is C20H25O+. The van der Waals surface area contributed by atoms with Crippen LogP contribution in [0.25, 0.3) is 0 Å². The van der Waals surface area contributed by atoms with Crippen molar-refractivity contribution in [2.75, 3.05) is 0 Å². The van der Waals surface area contributed by atoms with Crippen molar-refractivity contribution >= 4 is 0 Å². The van der Waals surface area contributed by atoms with Crippen molar-refractivity contribution in [1.29, 1.82) is 0 Å². The van der Waals surface area contributed by atoms with E-state index in [-0.39, 0.29) is 0 Å². The zero-order valence-corrected chi connectivity index (χ0v) is 12.9. The number of hydrogen-bond donors (Lipinski definition) is 0. The van der Waals surface area contributed by atoms with Gasteiger partial charge < -0.3 is 5.11 Å². The summed E-state index contributed by atoms with van der Waals surface area (Å²) in [5, 5.41) is 7.00. The van der Waals surface area contributed by atoms with Crippen LogP contribution < -0.4 is 0 Å². The summed E-state index contributed by atoms with van der Waals surface area (Å²) in [5.41, 5.74) is 2.47. The summed E-state index contributed by atoms with van der Waals surface area (Å²) in [4.78, 5) is 0. The summed E-state index contributed by atoms with van der Waals surface area (Å²) in [6, 6.07) is 19.4. The van der Waals surface area contributed by atoms with Gasteiger partial charge in [0.15, 0.2) is 0 Å². The van der Waals surface area contributed by atoms with Gasteiger partial charge in [0, 0.05) is 12.1 Å². The SMILES string of the molecule is C=C/C=C(/C)C=C.Cc1ccccc1.[OH2+]c1ccccc1. The molecule has 0 aliphatic rings. The maximum absolute atomic E-state index is 7.00. The average Bonchev–Trinajstić information content (AvgIpc) is 2.50. The molecular weight excluding hydrogens is 256 g/mol. The van der Waals surface area contributed by atoms with Crippen LogP contribution in [0.2, 0.25) is 0 Å². The normalized spacial score (nSPS) is 9.33. The van der Waals surface area contributed by atoms with Crippen molar-refractivity contribution in [3.63, 3.8) is 0 Å². The molecule has 2 rings (SSSR count). The molecule has 0 saturated heterocycles. The Bertz CT molecular complexity index is 487. The van der Waals surface area contributed by atoms with Gasteiger partial charge >= 0.3 is 0 Å². The van der Waals surface area contributed by atoms with Gasteiger partial charge in [-0.15, -0.1) is 0 Å². The predicted octanol–water partition coefficient (Wildman–Crippen LogP) is 5.42. The summed E-state index contributed by atoms with van der Waals surface area (Å²) < 4.78 is 0. The molecule has 0 aromatic heterocycles. The monoisotopic (exact) mass is 281 g/mol. The van der Waals surface area contributed by atoms with Gasteiger partial charge in [0.05, 0.1) is 0 Å². The predicted molar refractivity (Wildman–Crippen MR) is 94.8 cm³/mol. The fourth-order valence-electron chi connectivity index (χ4n) is 1.23. The van der Waals surface area contributed by atoms with Crippen molar-refractivity contribution in [3.05, 3.63) is 103 Å². The highest BCUT2D eigenvalue weighted by Gasteiger charge is 1.80. The molecule has 2 aromatic rings. The highest BCUT2D eigenvalue weighted by atomic mass is 16.3. The molecule has 2 N–H and O–H groups in total. The topological polar surface area (TPSA) is 22.9 Å². The molecule has 0 unspecified atom stereocenters. The highest BCUT2D eigenvalue weighted by molar-refractivity contribution is 5.18. The number of allylic oxidation sites excluding steroid dienone is 4. The Morgan fingerprint density at radius 3 is 1.57 bits per heavy atom.